The van der Waals surface area contributed by atoms with Gasteiger partial charge < -0.3 is 11.1 Å². The van der Waals surface area contributed by atoms with Crippen LogP contribution in [0.4, 0.5) is 0 Å². The summed E-state index contributed by atoms with van der Waals surface area (Å²) in [6, 6.07) is 8.10. The van der Waals surface area contributed by atoms with E-state index in [1.165, 1.54) is 0 Å². The molecule has 4 heterocycles. The lowest BCUT2D eigenvalue weighted by Gasteiger charge is -2.28. The van der Waals surface area contributed by atoms with Crippen LogP contribution in [0.25, 0.3) is 33.6 Å². The van der Waals surface area contributed by atoms with Crippen LogP contribution in [-0.4, -0.2) is 42.6 Å². The maximum absolute atomic E-state index is 6.83. The molecular formula is C24H28N8. The lowest BCUT2D eigenvalue weighted by Crippen LogP contribution is -2.34. The van der Waals surface area contributed by atoms with E-state index in [1.54, 1.807) is 9.36 Å². The van der Waals surface area contributed by atoms with E-state index >= 15 is 0 Å². The van der Waals surface area contributed by atoms with E-state index in [-0.39, 0.29) is 6.04 Å². The minimum atomic E-state index is -0.157. The van der Waals surface area contributed by atoms with E-state index < -0.39 is 0 Å². The Bertz CT molecular complexity index is 1220. The van der Waals surface area contributed by atoms with E-state index in [1.807, 2.05) is 57.2 Å². The SMILES string of the molecule is Cn1cc(-c2cccc(-c3ncc(-c4cnn(C)c4)c(C(N)C4CCNCC4)n3)c2)cn1. The molecular weight excluding hydrogens is 400 g/mol. The van der Waals surface area contributed by atoms with Crippen molar-refractivity contribution in [1.29, 1.82) is 0 Å². The molecule has 3 N–H and O–H groups in total. The Balaban J connectivity index is 1.57. The van der Waals surface area contributed by atoms with Crippen molar-refractivity contribution in [2.45, 2.75) is 18.9 Å². The summed E-state index contributed by atoms with van der Waals surface area (Å²) >= 11 is 0. The van der Waals surface area contributed by atoms with E-state index in [0.717, 1.165) is 59.4 Å². The summed E-state index contributed by atoms with van der Waals surface area (Å²) in [6.45, 7) is 1.98. The van der Waals surface area contributed by atoms with Gasteiger partial charge in [-0.25, -0.2) is 9.97 Å². The molecule has 1 unspecified atom stereocenters. The van der Waals surface area contributed by atoms with Gasteiger partial charge in [0, 0.05) is 54.9 Å². The van der Waals surface area contributed by atoms with Gasteiger partial charge in [-0.3, -0.25) is 9.36 Å². The highest BCUT2D eigenvalue weighted by Crippen LogP contribution is 2.34. The molecule has 8 nitrogen and oxygen atoms in total. The average molecular weight is 429 g/mol. The lowest BCUT2D eigenvalue weighted by atomic mass is 9.86. The van der Waals surface area contributed by atoms with Crippen LogP contribution in [0.3, 0.4) is 0 Å². The summed E-state index contributed by atoms with van der Waals surface area (Å²) in [7, 11) is 3.83. The molecule has 1 atom stereocenters. The molecule has 1 saturated heterocycles. The largest absolute Gasteiger partial charge is 0.322 e. The van der Waals surface area contributed by atoms with Crippen LogP contribution in [-0.2, 0) is 14.1 Å². The molecule has 1 aliphatic heterocycles. The Morgan fingerprint density at radius 1 is 0.938 bits per heavy atom. The van der Waals surface area contributed by atoms with Gasteiger partial charge in [0.15, 0.2) is 5.82 Å². The van der Waals surface area contributed by atoms with Crippen LogP contribution in [0, 0.1) is 5.92 Å². The third kappa shape index (κ3) is 4.06. The van der Waals surface area contributed by atoms with Gasteiger partial charge in [-0.05, 0) is 43.5 Å². The highest BCUT2D eigenvalue weighted by molar-refractivity contribution is 5.71. The number of nitrogens with zero attached hydrogens (tertiary/aromatic N) is 6. The zero-order chi connectivity index (χ0) is 22.1. The molecule has 1 fully saturated rings. The first kappa shape index (κ1) is 20.5. The Morgan fingerprint density at radius 2 is 1.62 bits per heavy atom. The molecule has 8 heteroatoms. The molecule has 32 heavy (non-hydrogen) atoms. The first-order chi connectivity index (χ1) is 15.6. The van der Waals surface area contributed by atoms with E-state index in [2.05, 4.69) is 27.6 Å². The smallest absolute Gasteiger partial charge is 0.159 e. The third-order valence-corrected chi connectivity index (χ3v) is 6.20. The number of aryl methyl sites for hydroxylation is 2. The number of aromatic nitrogens is 6. The van der Waals surface area contributed by atoms with Gasteiger partial charge in [0.05, 0.1) is 24.1 Å². The molecule has 0 saturated carbocycles. The van der Waals surface area contributed by atoms with E-state index in [0.29, 0.717) is 11.7 Å². The Hall–Kier alpha value is -3.36. The highest BCUT2D eigenvalue weighted by Gasteiger charge is 2.26. The van der Waals surface area contributed by atoms with Crippen molar-refractivity contribution in [3.05, 3.63) is 60.9 Å². The van der Waals surface area contributed by atoms with E-state index in [9.17, 15) is 0 Å². The Kier molecular flexibility index (Phi) is 5.55. The number of benzene rings is 1. The molecule has 0 spiro atoms. The standard InChI is InChI=1S/C24H28N8/c1-31-14-19(11-28-31)17-4-3-5-18(10-17)24-27-13-21(20-12-29-32(2)15-20)23(30-24)22(25)16-6-8-26-9-7-16/h3-5,10-16,22,26H,6-9,25H2,1-2H3. The minimum Gasteiger partial charge on any atom is -0.322 e. The summed E-state index contributed by atoms with van der Waals surface area (Å²) in [5, 5.41) is 12.0. The molecule has 4 aromatic rings. The van der Waals surface area contributed by atoms with Crippen LogP contribution in [0.5, 0.6) is 0 Å². The second kappa shape index (κ2) is 8.64. The summed E-state index contributed by atoms with van der Waals surface area (Å²) in [5.74, 6) is 1.07. The molecule has 1 aromatic carbocycles. The van der Waals surface area contributed by atoms with Crippen molar-refractivity contribution in [3.8, 4) is 33.6 Å². The van der Waals surface area contributed by atoms with E-state index in [4.69, 9.17) is 15.7 Å². The summed E-state index contributed by atoms with van der Waals surface area (Å²) in [6.07, 6.45) is 11.7. The lowest BCUT2D eigenvalue weighted by molar-refractivity contribution is 0.319. The quantitative estimate of drug-likeness (QED) is 0.507. The van der Waals surface area contributed by atoms with Crippen molar-refractivity contribution in [1.82, 2.24) is 34.8 Å². The maximum atomic E-state index is 6.83. The first-order valence-electron chi connectivity index (χ1n) is 11.0. The Labute approximate surface area is 187 Å². The van der Waals surface area contributed by atoms with Gasteiger partial charge in [-0.1, -0.05) is 18.2 Å². The van der Waals surface area contributed by atoms with Gasteiger partial charge in [0.1, 0.15) is 0 Å². The fourth-order valence-corrected chi connectivity index (χ4v) is 4.41. The number of nitrogens with one attached hydrogen (secondary N) is 1. The minimum absolute atomic E-state index is 0.157. The predicted molar refractivity (Wildman–Crippen MR) is 124 cm³/mol. The van der Waals surface area contributed by atoms with Crippen molar-refractivity contribution in [2.75, 3.05) is 13.1 Å². The molecule has 0 radical (unpaired) electrons. The van der Waals surface area contributed by atoms with Crippen LogP contribution < -0.4 is 11.1 Å². The number of nitrogens with two attached hydrogens (primary N) is 1. The van der Waals surface area contributed by atoms with Crippen LogP contribution in [0.1, 0.15) is 24.6 Å². The van der Waals surface area contributed by atoms with Crippen molar-refractivity contribution < 1.29 is 0 Å². The molecule has 0 aliphatic carbocycles. The molecule has 0 amide bonds. The topological polar surface area (TPSA) is 99.5 Å². The van der Waals surface area contributed by atoms with Gasteiger partial charge in [0.25, 0.3) is 0 Å². The summed E-state index contributed by atoms with van der Waals surface area (Å²) in [4.78, 5) is 9.76. The molecule has 1 aliphatic rings. The molecule has 5 rings (SSSR count). The third-order valence-electron chi connectivity index (χ3n) is 6.20. The normalized spacial score (nSPS) is 15.7. The van der Waals surface area contributed by atoms with Gasteiger partial charge in [-0.2, -0.15) is 10.2 Å². The second-order valence-corrected chi connectivity index (χ2v) is 8.49. The summed E-state index contributed by atoms with van der Waals surface area (Å²) in [5.41, 5.74) is 12.8. The van der Waals surface area contributed by atoms with Gasteiger partial charge >= 0.3 is 0 Å². The van der Waals surface area contributed by atoms with Crippen molar-refractivity contribution in [3.63, 3.8) is 0 Å². The molecule has 0 bridgehead atoms. The van der Waals surface area contributed by atoms with Crippen molar-refractivity contribution in [2.24, 2.45) is 25.7 Å². The fourth-order valence-electron chi connectivity index (χ4n) is 4.41. The number of rotatable bonds is 5. The maximum Gasteiger partial charge on any atom is 0.159 e. The van der Waals surface area contributed by atoms with Crippen LogP contribution in [0.2, 0.25) is 0 Å². The molecule has 3 aromatic heterocycles. The number of hydrogen-bond acceptors (Lipinski definition) is 6. The zero-order valence-corrected chi connectivity index (χ0v) is 18.4. The fraction of sp³-hybridized carbons (Fsp3) is 0.333. The van der Waals surface area contributed by atoms with Crippen LogP contribution >= 0.6 is 0 Å². The monoisotopic (exact) mass is 428 g/mol. The second-order valence-electron chi connectivity index (χ2n) is 8.49. The van der Waals surface area contributed by atoms with Gasteiger partial charge in [-0.15, -0.1) is 0 Å². The zero-order valence-electron chi connectivity index (χ0n) is 18.4. The van der Waals surface area contributed by atoms with Gasteiger partial charge in [0.2, 0.25) is 0 Å². The first-order valence-corrected chi connectivity index (χ1v) is 11.0. The molecule has 164 valence electrons. The van der Waals surface area contributed by atoms with Crippen molar-refractivity contribution >= 4 is 0 Å². The Morgan fingerprint density at radius 3 is 2.31 bits per heavy atom. The average Bonchev–Trinajstić information content (AvgIpc) is 3.47. The summed E-state index contributed by atoms with van der Waals surface area (Å²) < 4.78 is 3.60. The predicted octanol–water partition coefficient (Wildman–Crippen LogP) is 2.94. The number of hydrogen-bond donors (Lipinski definition) is 2. The number of piperidine rings is 1. The highest BCUT2D eigenvalue weighted by atomic mass is 15.2. The van der Waals surface area contributed by atoms with Crippen LogP contribution in [0.15, 0.2) is 55.2 Å².